The molecule has 0 unspecified atom stereocenters. The van der Waals surface area contributed by atoms with Crippen molar-refractivity contribution in [1.82, 2.24) is 0 Å². The Kier molecular flexibility index (Phi) is 5.04. The van der Waals surface area contributed by atoms with Gasteiger partial charge in [0.2, 0.25) is 0 Å². The van der Waals surface area contributed by atoms with Gasteiger partial charge >= 0.3 is 12.4 Å². The molecular weight excluding hydrogens is 374 g/mol. The van der Waals surface area contributed by atoms with Gasteiger partial charge in [-0.3, -0.25) is 4.79 Å². The van der Waals surface area contributed by atoms with Crippen molar-refractivity contribution in [2.45, 2.75) is 12.4 Å². The third-order valence-corrected chi connectivity index (χ3v) is 3.49. The van der Waals surface area contributed by atoms with E-state index in [-0.39, 0.29) is 22.4 Å². The molecule has 0 bridgehead atoms. The van der Waals surface area contributed by atoms with E-state index in [0.717, 1.165) is 6.07 Å². The van der Waals surface area contributed by atoms with E-state index in [1.54, 1.807) is 0 Å². The number of carbonyl (C=O) groups excluding carboxylic acids is 1. The Morgan fingerprint density at radius 2 is 1.44 bits per heavy atom. The molecule has 0 aliphatic rings. The maximum Gasteiger partial charge on any atom is 0.416 e. The second-order valence-electron chi connectivity index (χ2n) is 4.97. The molecule has 0 N–H and O–H groups in total. The van der Waals surface area contributed by atoms with E-state index < -0.39 is 34.8 Å². The first-order valence-electron chi connectivity index (χ1n) is 6.61. The predicted octanol–water partition coefficient (Wildman–Crippen LogP) is 5.62. The Balaban J connectivity index is 2.66. The number of ketones is 1. The van der Waals surface area contributed by atoms with Crippen LogP contribution in [0.5, 0.6) is 5.75 Å². The van der Waals surface area contributed by atoms with E-state index in [2.05, 4.69) is 0 Å². The van der Waals surface area contributed by atoms with Crippen LogP contribution in [0.25, 0.3) is 0 Å². The normalized spacial score (nSPS) is 12.2. The van der Waals surface area contributed by atoms with Crippen molar-refractivity contribution >= 4 is 17.4 Å². The van der Waals surface area contributed by atoms with Gasteiger partial charge in [-0.25, -0.2) is 0 Å². The molecule has 0 aromatic heterocycles. The molecule has 0 aliphatic carbocycles. The van der Waals surface area contributed by atoms with Crippen molar-refractivity contribution in [2.75, 3.05) is 7.11 Å². The maximum atomic E-state index is 12.9. The van der Waals surface area contributed by atoms with Crippen LogP contribution in [0.2, 0.25) is 5.02 Å². The van der Waals surface area contributed by atoms with Crippen LogP contribution in [-0.4, -0.2) is 12.9 Å². The molecule has 0 saturated heterocycles. The molecule has 0 spiro atoms. The molecule has 0 amide bonds. The van der Waals surface area contributed by atoms with E-state index >= 15 is 0 Å². The summed E-state index contributed by atoms with van der Waals surface area (Å²) >= 11 is 5.75. The van der Waals surface area contributed by atoms with Gasteiger partial charge in [0.25, 0.3) is 0 Å². The zero-order valence-electron chi connectivity index (χ0n) is 12.4. The number of methoxy groups -OCH3 is 1. The highest BCUT2D eigenvalue weighted by Crippen LogP contribution is 2.37. The zero-order valence-corrected chi connectivity index (χ0v) is 13.2. The summed E-state index contributed by atoms with van der Waals surface area (Å²) in [6, 6.07) is 4.43. The summed E-state index contributed by atoms with van der Waals surface area (Å²) < 4.78 is 82.2. The average molecular weight is 383 g/mol. The largest absolute Gasteiger partial charge is 0.496 e. The van der Waals surface area contributed by atoms with Gasteiger partial charge in [-0.2, -0.15) is 26.3 Å². The molecule has 2 aromatic carbocycles. The molecule has 2 rings (SSSR count). The van der Waals surface area contributed by atoms with Crippen LogP contribution in [-0.2, 0) is 12.4 Å². The smallest absolute Gasteiger partial charge is 0.416 e. The Hall–Kier alpha value is -2.22. The molecule has 134 valence electrons. The minimum Gasteiger partial charge on any atom is -0.496 e. The minimum atomic E-state index is -5.05. The average Bonchev–Trinajstić information content (AvgIpc) is 2.52. The summed E-state index contributed by atoms with van der Waals surface area (Å²) in [5, 5.41) is 0.0761. The van der Waals surface area contributed by atoms with Crippen LogP contribution in [0.4, 0.5) is 26.3 Å². The van der Waals surface area contributed by atoms with Gasteiger partial charge in [-0.05, 0) is 36.4 Å². The number of rotatable bonds is 3. The minimum absolute atomic E-state index is 0.0274. The summed E-state index contributed by atoms with van der Waals surface area (Å²) in [5.74, 6) is -1.10. The highest BCUT2D eigenvalue weighted by Gasteiger charge is 2.37. The monoisotopic (exact) mass is 382 g/mol. The fourth-order valence-electron chi connectivity index (χ4n) is 2.10. The maximum absolute atomic E-state index is 12.9. The molecule has 9 heteroatoms. The number of halogens is 7. The van der Waals surface area contributed by atoms with E-state index in [1.165, 1.54) is 19.2 Å². The van der Waals surface area contributed by atoms with Gasteiger partial charge in [0.05, 0.1) is 23.8 Å². The van der Waals surface area contributed by atoms with Crippen LogP contribution < -0.4 is 4.74 Å². The van der Waals surface area contributed by atoms with Crippen LogP contribution >= 0.6 is 11.6 Å². The fourth-order valence-corrected chi connectivity index (χ4v) is 2.27. The van der Waals surface area contributed by atoms with Crippen molar-refractivity contribution in [3.8, 4) is 5.75 Å². The lowest BCUT2D eigenvalue weighted by molar-refractivity contribution is -0.143. The summed E-state index contributed by atoms with van der Waals surface area (Å²) in [6.07, 6.45) is -10.1. The van der Waals surface area contributed by atoms with Gasteiger partial charge in [-0.15, -0.1) is 0 Å². The third-order valence-electron chi connectivity index (χ3n) is 3.26. The first kappa shape index (κ1) is 19.1. The van der Waals surface area contributed by atoms with Crippen LogP contribution in [0.1, 0.15) is 27.0 Å². The van der Waals surface area contributed by atoms with Crippen molar-refractivity contribution in [3.63, 3.8) is 0 Å². The van der Waals surface area contributed by atoms with Gasteiger partial charge in [0.15, 0.2) is 5.78 Å². The van der Waals surface area contributed by atoms with Gasteiger partial charge in [0, 0.05) is 10.6 Å². The number of benzene rings is 2. The Bertz CT molecular complexity index is 779. The molecule has 2 nitrogen and oxygen atoms in total. The van der Waals surface area contributed by atoms with E-state index in [0.29, 0.717) is 12.1 Å². The number of ether oxygens (including phenoxy) is 1. The molecule has 0 heterocycles. The van der Waals surface area contributed by atoms with Crippen LogP contribution in [0.15, 0.2) is 36.4 Å². The lowest BCUT2D eigenvalue weighted by Gasteiger charge is -2.14. The lowest BCUT2D eigenvalue weighted by atomic mass is 9.97. The van der Waals surface area contributed by atoms with E-state index in [1.807, 2.05) is 0 Å². The summed E-state index contributed by atoms with van der Waals surface area (Å²) in [5.41, 5.74) is -4.18. The van der Waals surface area contributed by atoms with Crippen molar-refractivity contribution in [3.05, 3.63) is 63.7 Å². The topological polar surface area (TPSA) is 26.3 Å². The molecule has 0 fully saturated rings. The highest BCUT2D eigenvalue weighted by atomic mass is 35.5. The van der Waals surface area contributed by atoms with Crippen LogP contribution in [0, 0.1) is 0 Å². The molecule has 25 heavy (non-hydrogen) atoms. The highest BCUT2D eigenvalue weighted by molar-refractivity contribution is 6.31. The Labute approximate surface area is 143 Å². The Morgan fingerprint density at radius 1 is 0.920 bits per heavy atom. The van der Waals surface area contributed by atoms with Gasteiger partial charge in [0.1, 0.15) is 5.75 Å². The first-order chi connectivity index (χ1) is 11.4. The number of carbonyl (C=O) groups is 1. The molecule has 0 saturated carbocycles. The predicted molar refractivity (Wildman–Crippen MR) is 77.9 cm³/mol. The summed E-state index contributed by atoms with van der Waals surface area (Å²) in [6.45, 7) is 0. The lowest BCUT2D eigenvalue weighted by Crippen LogP contribution is -2.14. The quantitative estimate of drug-likeness (QED) is 0.509. The molecule has 0 aliphatic heterocycles. The number of hydrogen-bond acceptors (Lipinski definition) is 2. The number of alkyl halides is 6. The van der Waals surface area contributed by atoms with Gasteiger partial charge in [-0.1, -0.05) is 11.6 Å². The molecule has 2 aromatic rings. The molecule has 0 atom stereocenters. The number of hydrogen-bond donors (Lipinski definition) is 0. The SMILES string of the molecule is COc1ccc(Cl)cc1C(=O)c1cc(C(F)(F)F)cc(C(F)(F)F)c1. The van der Waals surface area contributed by atoms with Gasteiger partial charge < -0.3 is 4.74 Å². The zero-order chi connectivity index (χ0) is 19.0. The van der Waals surface area contributed by atoms with Crippen molar-refractivity contribution < 1.29 is 35.9 Å². The Morgan fingerprint density at radius 3 is 1.88 bits per heavy atom. The molecular formula is C16H9ClF6O2. The van der Waals surface area contributed by atoms with Crippen molar-refractivity contribution in [1.29, 1.82) is 0 Å². The van der Waals surface area contributed by atoms with E-state index in [4.69, 9.17) is 16.3 Å². The second-order valence-corrected chi connectivity index (χ2v) is 5.40. The summed E-state index contributed by atoms with van der Waals surface area (Å²) in [7, 11) is 1.20. The molecule has 0 radical (unpaired) electrons. The second kappa shape index (κ2) is 6.59. The van der Waals surface area contributed by atoms with Crippen LogP contribution in [0.3, 0.4) is 0 Å². The summed E-state index contributed by atoms with van der Waals surface area (Å²) in [4.78, 5) is 12.5. The standard InChI is InChI=1S/C16H9ClF6O2/c1-25-13-3-2-11(17)7-12(13)14(24)8-4-9(15(18,19)20)6-10(5-8)16(21,22)23/h2-7H,1H3. The fraction of sp³-hybridized carbons (Fsp3) is 0.188. The first-order valence-corrected chi connectivity index (χ1v) is 6.99. The van der Waals surface area contributed by atoms with E-state index in [9.17, 15) is 31.1 Å². The van der Waals surface area contributed by atoms with Crippen molar-refractivity contribution in [2.24, 2.45) is 0 Å². The third kappa shape index (κ3) is 4.25.